The monoisotopic (exact) mass is 489 g/mol. The van der Waals surface area contributed by atoms with E-state index in [1.165, 1.54) is 29.7 Å². The number of benzene rings is 1. The van der Waals surface area contributed by atoms with Gasteiger partial charge in [0.1, 0.15) is 17.5 Å². The second-order valence-corrected chi connectivity index (χ2v) is 10.6. The molecule has 3 atom stereocenters. The smallest absolute Gasteiger partial charge is 0.259 e. The topological polar surface area (TPSA) is 100 Å². The van der Waals surface area contributed by atoms with E-state index in [0.717, 1.165) is 6.26 Å². The summed E-state index contributed by atoms with van der Waals surface area (Å²) in [6.07, 6.45) is 2.00. The fourth-order valence-electron chi connectivity index (χ4n) is 3.45. The van der Waals surface area contributed by atoms with E-state index in [4.69, 9.17) is 4.74 Å². The van der Waals surface area contributed by atoms with Crippen molar-refractivity contribution < 1.29 is 27.4 Å². The molecule has 182 valence electrons. The molecule has 34 heavy (non-hydrogen) atoms. The minimum atomic E-state index is -3.44. The molecule has 0 saturated carbocycles. The number of pyridine rings is 1. The summed E-state index contributed by atoms with van der Waals surface area (Å²) < 4.78 is 44.3. The third-order valence-corrected chi connectivity index (χ3v) is 7.00. The zero-order valence-corrected chi connectivity index (χ0v) is 20.3. The number of carbonyl (C=O) groups is 1. The van der Waals surface area contributed by atoms with Crippen molar-refractivity contribution >= 4 is 15.9 Å². The van der Waals surface area contributed by atoms with E-state index in [2.05, 4.69) is 16.8 Å². The van der Waals surface area contributed by atoms with E-state index in [-0.39, 0.29) is 48.8 Å². The highest BCUT2D eigenvalue weighted by molar-refractivity contribution is 7.88. The number of aromatic nitrogens is 1. The largest absolute Gasteiger partial charge is 0.472 e. The zero-order valence-electron chi connectivity index (χ0n) is 19.5. The standard InChI is InChI=1S/C24H28FN3O5S/c1-16-13-28(17(2)15-29)24(30)21-11-19(6-5-18-7-9-20(25)10-8-18)12-26-23(21)33-22(16)14-27(3)34(4,31)32/h7-12,16-17,22,29H,13-15H2,1-4H3/t16-,17-,22+/m0/s1. The predicted molar refractivity (Wildman–Crippen MR) is 125 cm³/mol. The van der Waals surface area contributed by atoms with E-state index in [9.17, 15) is 22.7 Å². The van der Waals surface area contributed by atoms with E-state index in [1.54, 1.807) is 30.0 Å². The van der Waals surface area contributed by atoms with Crippen LogP contribution in [0.4, 0.5) is 4.39 Å². The Morgan fingerprint density at radius 1 is 1.29 bits per heavy atom. The summed E-state index contributed by atoms with van der Waals surface area (Å²) in [6.45, 7) is 3.69. The van der Waals surface area contributed by atoms with E-state index in [0.29, 0.717) is 11.1 Å². The molecule has 2 aromatic rings. The Hall–Kier alpha value is -3.00. The molecule has 0 fully saturated rings. The minimum Gasteiger partial charge on any atom is -0.472 e. The molecule has 1 aromatic heterocycles. The summed E-state index contributed by atoms with van der Waals surface area (Å²) in [5.74, 6) is 4.93. The molecule has 0 radical (unpaired) electrons. The number of carbonyl (C=O) groups excluding carboxylic acids is 1. The number of ether oxygens (including phenoxy) is 1. The van der Waals surface area contributed by atoms with Crippen LogP contribution in [0.5, 0.6) is 5.88 Å². The average Bonchev–Trinajstić information content (AvgIpc) is 2.79. The van der Waals surface area contributed by atoms with Gasteiger partial charge in [-0.2, -0.15) is 0 Å². The zero-order chi connectivity index (χ0) is 25.0. The van der Waals surface area contributed by atoms with Gasteiger partial charge in [-0.15, -0.1) is 0 Å². The number of aliphatic hydroxyl groups excluding tert-OH is 1. The summed E-state index contributed by atoms with van der Waals surface area (Å²) in [5, 5.41) is 9.73. The number of halogens is 1. The Kier molecular flexibility index (Phi) is 7.92. The molecule has 0 saturated heterocycles. The summed E-state index contributed by atoms with van der Waals surface area (Å²) >= 11 is 0. The number of amides is 1. The highest BCUT2D eigenvalue weighted by Gasteiger charge is 2.35. The molecule has 0 aliphatic carbocycles. The summed E-state index contributed by atoms with van der Waals surface area (Å²) in [7, 11) is -1.98. The lowest BCUT2D eigenvalue weighted by atomic mass is 10.0. The van der Waals surface area contributed by atoms with E-state index >= 15 is 0 Å². The molecule has 2 heterocycles. The molecule has 1 amide bonds. The van der Waals surface area contributed by atoms with E-state index < -0.39 is 22.2 Å². The molecule has 10 heteroatoms. The molecule has 0 unspecified atom stereocenters. The fraction of sp³-hybridized carbons (Fsp3) is 0.417. The van der Waals surface area contributed by atoms with Gasteiger partial charge in [-0.1, -0.05) is 18.8 Å². The van der Waals surface area contributed by atoms with Crippen LogP contribution in [0.2, 0.25) is 0 Å². The lowest BCUT2D eigenvalue weighted by Gasteiger charge is -2.37. The maximum Gasteiger partial charge on any atom is 0.259 e. The number of fused-ring (bicyclic) bond motifs is 1. The normalized spacial score (nSPS) is 19.4. The molecular formula is C24H28FN3O5S. The first-order valence-electron chi connectivity index (χ1n) is 10.8. The summed E-state index contributed by atoms with van der Waals surface area (Å²) in [4.78, 5) is 19.2. The average molecular weight is 490 g/mol. The third kappa shape index (κ3) is 6.11. The lowest BCUT2D eigenvalue weighted by Crippen LogP contribution is -2.50. The number of rotatable bonds is 5. The molecule has 1 aliphatic rings. The van der Waals surface area contributed by atoms with Crippen LogP contribution in [0.3, 0.4) is 0 Å². The Labute approximate surface area is 199 Å². The maximum atomic E-state index is 13.4. The molecule has 0 bridgehead atoms. The second-order valence-electron chi connectivity index (χ2n) is 8.50. The molecule has 1 N–H and O–H groups in total. The lowest BCUT2D eigenvalue weighted by molar-refractivity contribution is 0.0373. The van der Waals surface area contributed by atoms with Gasteiger partial charge in [0.2, 0.25) is 15.9 Å². The Morgan fingerprint density at radius 3 is 2.56 bits per heavy atom. The van der Waals surface area contributed by atoms with Gasteiger partial charge < -0.3 is 14.7 Å². The van der Waals surface area contributed by atoms with Crippen LogP contribution in [0.15, 0.2) is 36.5 Å². The van der Waals surface area contributed by atoms with Crippen molar-refractivity contribution in [2.45, 2.75) is 26.0 Å². The van der Waals surface area contributed by atoms with Crippen molar-refractivity contribution in [3.63, 3.8) is 0 Å². The second kappa shape index (κ2) is 10.5. The first-order chi connectivity index (χ1) is 16.0. The van der Waals surface area contributed by atoms with Crippen LogP contribution in [-0.4, -0.2) is 78.8 Å². The highest BCUT2D eigenvalue weighted by Crippen LogP contribution is 2.27. The maximum absolute atomic E-state index is 13.4. The van der Waals surface area contributed by atoms with Crippen LogP contribution in [-0.2, 0) is 10.0 Å². The van der Waals surface area contributed by atoms with Crippen molar-refractivity contribution in [2.24, 2.45) is 5.92 Å². The number of likely N-dealkylation sites (N-methyl/N-ethyl adjacent to an activating group) is 1. The molecule has 1 aliphatic heterocycles. The van der Waals surface area contributed by atoms with Gasteiger partial charge in [0, 0.05) is 36.8 Å². The van der Waals surface area contributed by atoms with E-state index in [1.807, 2.05) is 6.92 Å². The first-order valence-corrected chi connectivity index (χ1v) is 12.6. The van der Waals surface area contributed by atoms with Crippen molar-refractivity contribution in [1.29, 1.82) is 0 Å². The number of hydrogen-bond donors (Lipinski definition) is 1. The molecule has 3 rings (SSSR count). The van der Waals surface area contributed by atoms with Crippen molar-refractivity contribution in [3.8, 4) is 17.7 Å². The molecule has 0 spiro atoms. The van der Waals surface area contributed by atoms with Crippen molar-refractivity contribution in [2.75, 3.05) is 33.0 Å². The number of sulfonamides is 1. The van der Waals surface area contributed by atoms with Gasteiger partial charge >= 0.3 is 0 Å². The van der Waals surface area contributed by atoms with Crippen molar-refractivity contribution in [3.05, 3.63) is 59.0 Å². The molecular weight excluding hydrogens is 461 g/mol. The molecule has 8 nitrogen and oxygen atoms in total. The van der Waals surface area contributed by atoms with Gasteiger partial charge in [0.25, 0.3) is 5.91 Å². The highest BCUT2D eigenvalue weighted by atomic mass is 32.2. The Balaban J connectivity index is 2.01. The number of aliphatic hydroxyl groups is 1. The van der Waals surface area contributed by atoms with Gasteiger partial charge in [-0.3, -0.25) is 4.79 Å². The summed E-state index contributed by atoms with van der Waals surface area (Å²) in [6, 6.07) is 6.81. The molecule has 1 aromatic carbocycles. The Bertz CT molecular complexity index is 1210. The minimum absolute atomic E-state index is 0.0722. The Morgan fingerprint density at radius 2 is 1.94 bits per heavy atom. The quantitative estimate of drug-likeness (QED) is 0.643. The van der Waals surface area contributed by atoms with Gasteiger partial charge in [-0.05, 0) is 37.3 Å². The number of hydrogen-bond acceptors (Lipinski definition) is 6. The van der Waals surface area contributed by atoms with Gasteiger partial charge in [-0.25, -0.2) is 22.1 Å². The third-order valence-electron chi connectivity index (χ3n) is 5.72. The summed E-state index contributed by atoms with van der Waals surface area (Å²) in [5.41, 5.74) is 1.23. The first kappa shape index (κ1) is 25.6. The van der Waals surface area contributed by atoms with Crippen LogP contribution in [0.25, 0.3) is 0 Å². The van der Waals surface area contributed by atoms with Crippen LogP contribution in [0, 0.1) is 23.6 Å². The van der Waals surface area contributed by atoms with Gasteiger partial charge in [0.15, 0.2) is 0 Å². The SMILES string of the molecule is C[C@H]1CN([C@@H](C)CO)C(=O)c2cc(C#Cc3ccc(F)cc3)cnc2O[C@@H]1CN(C)S(C)(=O)=O. The van der Waals surface area contributed by atoms with Crippen LogP contribution >= 0.6 is 0 Å². The van der Waals surface area contributed by atoms with Crippen molar-refractivity contribution in [1.82, 2.24) is 14.2 Å². The van der Waals surface area contributed by atoms with Gasteiger partial charge in [0.05, 0.1) is 25.4 Å². The fourth-order valence-corrected chi connectivity index (χ4v) is 3.87. The van der Waals surface area contributed by atoms with Crippen LogP contribution < -0.4 is 4.74 Å². The predicted octanol–water partition coefficient (Wildman–Crippen LogP) is 1.73. The van der Waals surface area contributed by atoms with Crippen LogP contribution in [0.1, 0.15) is 35.3 Å². The number of nitrogens with zero attached hydrogens (tertiary/aromatic N) is 3.